The van der Waals surface area contributed by atoms with E-state index in [0.29, 0.717) is 13.1 Å². The standard InChI is InChI=1S/C21H24N4O2S/c1-14-4-7-16(8-5-14)22-20(26)24-10-12-25(13-11-24)21-23-18-17(27-3)9-6-15(2)19(18)28-21/h4-9H,10-13H2,1-3H3,(H,22,26). The number of methoxy groups -OCH3 is 1. The number of piperazine rings is 1. The van der Waals surface area contributed by atoms with Gasteiger partial charge in [0.15, 0.2) is 5.13 Å². The molecule has 2 aromatic carbocycles. The van der Waals surface area contributed by atoms with Gasteiger partial charge >= 0.3 is 6.03 Å². The number of thiazole rings is 1. The van der Waals surface area contributed by atoms with Gasteiger partial charge in [-0.25, -0.2) is 9.78 Å². The molecule has 1 saturated heterocycles. The molecule has 7 heteroatoms. The normalized spacial score (nSPS) is 14.4. The van der Waals surface area contributed by atoms with Gasteiger partial charge in [-0.3, -0.25) is 0 Å². The number of rotatable bonds is 3. The van der Waals surface area contributed by atoms with Crippen LogP contribution in [0.15, 0.2) is 36.4 Å². The Kier molecular flexibility index (Phi) is 5.09. The second-order valence-corrected chi connectivity index (χ2v) is 8.01. The largest absolute Gasteiger partial charge is 0.494 e. The van der Waals surface area contributed by atoms with Crippen LogP contribution in [0.4, 0.5) is 15.6 Å². The van der Waals surface area contributed by atoms with Crippen molar-refractivity contribution in [1.29, 1.82) is 0 Å². The summed E-state index contributed by atoms with van der Waals surface area (Å²) in [5.41, 5.74) is 4.12. The molecule has 0 aliphatic carbocycles. The lowest BCUT2D eigenvalue weighted by Gasteiger charge is -2.34. The fraction of sp³-hybridized carbons (Fsp3) is 0.333. The van der Waals surface area contributed by atoms with Crippen LogP contribution in [-0.2, 0) is 0 Å². The van der Waals surface area contributed by atoms with Gasteiger partial charge in [0.1, 0.15) is 11.3 Å². The van der Waals surface area contributed by atoms with Crippen molar-refractivity contribution in [3.8, 4) is 5.75 Å². The molecule has 1 fully saturated rings. The van der Waals surface area contributed by atoms with E-state index >= 15 is 0 Å². The number of nitrogens with one attached hydrogen (secondary N) is 1. The average Bonchev–Trinajstić information content (AvgIpc) is 3.16. The molecule has 0 saturated carbocycles. The molecule has 0 atom stereocenters. The Balaban J connectivity index is 1.42. The Morgan fingerprint density at radius 2 is 1.79 bits per heavy atom. The molecule has 3 aromatic rings. The maximum atomic E-state index is 12.5. The van der Waals surface area contributed by atoms with Crippen LogP contribution in [0.1, 0.15) is 11.1 Å². The monoisotopic (exact) mass is 396 g/mol. The lowest BCUT2D eigenvalue weighted by Crippen LogP contribution is -2.50. The van der Waals surface area contributed by atoms with E-state index in [2.05, 4.69) is 23.2 Å². The molecule has 146 valence electrons. The molecule has 1 aliphatic heterocycles. The second kappa shape index (κ2) is 7.67. The zero-order valence-electron chi connectivity index (χ0n) is 16.4. The second-order valence-electron chi connectivity index (χ2n) is 7.03. The van der Waals surface area contributed by atoms with Crippen molar-refractivity contribution in [2.75, 3.05) is 43.5 Å². The summed E-state index contributed by atoms with van der Waals surface area (Å²) in [5.74, 6) is 0.805. The molecule has 0 bridgehead atoms. The van der Waals surface area contributed by atoms with Crippen molar-refractivity contribution in [3.05, 3.63) is 47.5 Å². The van der Waals surface area contributed by atoms with Gasteiger partial charge in [0, 0.05) is 31.9 Å². The SMILES string of the molecule is COc1ccc(C)c2sc(N3CCN(C(=O)Nc4ccc(C)cc4)CC3)nc12. The fourth-order valence-electron chi connectivity index (χ4n) is 3.34. The third-order valence-corrected chi connectivity index (χ3v) is 6.30. The van der Waals surface area contributed by atoms with E-state index in [4.69, 9.17) is 9.72 Å². The zero-order valence-corrected chi connectivity index (χ0v) is 17.2. The van der Waals surface area contributed by atoms with Crippen molar-refractivity contribution in [3.63, 3.8) is 0 Å². The Hall–Kier alpha value is -2.80. The molecule has 0 unspecified atom stereocenters. The van der Waals surface area contributed by atoms with Crippen molar-refractivity contribution < 1.29 is 9.53 Å². The Morgan fingerprint density at radius 1 is 1.07 bits per heavy atom. The van der Waals surface area contributed by atoms with Crippen molar-refractivity contribution >= 4 is 38.4 Å². The minimum absolute atomic E-state index is 0.0506. The van der Waals surface area contributed by atoms with Crippen LogP contribution in [-0.4, -0.2) is 49.2 Å². The average molecular weight is 397 g/mol. The van der Waals surface area contributed by atoms with Gasteiger partial charge in [-0.2, -0.15) is 0 Å². The third-order valence-electron chi connectivity index (χ3n) is 5.05. The molecule has 1 N–H and O–H groups in total. The van der Waals surface area contributed by atoms with Crippen LogP contribution in [0.2, 0.25) is 0 Å². The summed E-state index contributed by atoms with van der Waals surface area (Å²) < 4.78 is 6.62. The number of ether oxygens (including phenoxy) is 1. The van der Waals surface area contributed by atoms with Crippen molar-refractivity contribution in [2.24, 2.45) is 0 Å². The number of nitrogens with zero attached hydrogens (tertiary/aromatic N) is 3. The molecular weight excluding hydrogens is 372 g/mol. The van der Waals surface area contributed by atoms with E-state index in [9.17, 15) is 4.79 Å². The first kappa shape index (κ1) is 18.6. The summed E-state index contributed by atoms with van der Waals surface area (Å²) >= 11 is 1.69. The van der Waals surface area contributed by atoms with E-state index in [1.165, 1.54) is 11.1 Å². The maximum Gasteiger partial charge on any atom is 0.321 e. The molecule has 0 radical (unpaired) electrons. The molecule has 6 nitrogen and oxygen atoms in total. The number of fused-ring (bicyclic) bond motifs is 1. The number of urea groups is 1. The molecule has 28 heavy (non-hydrogen) atoms. The van der Waals surface area contributed by atoms with Gasteiger partial charge in [-0.1, -0.05) is 35.1 Å². The molecule has 0 spiro atoms. The minimum atomic E-state index is -0.0506. The first-order valence-corrected chi connectivity index (χ1v) is 10.2. The van der Waals surface area contributed by atoms with Crippen LogP contribution in [0.5, 0.6) is 5.75 Å². The van der Waals surface area contributed by atoms with Gasteiger partial charge < -0.3 is 19.9 Å². The molecule has 4 rings (SSSR count). The number of anilines is 2. The number of amides is 2. The van der Waals surface area contributed by atoms with E-state index in [0.717, 1.165) is 39.9 Å². The first-order chi connectivity index (χ1) is 13.5. The van der Waals surface area contributed by atoms with Gasteiger partial charge in [-0.15, -0.1) is 0 Å². The summed E-state index contributed by atoms with van der Waals surface area (Å²) in [7, 11) is 1.68. The quantitative estimate of drug-likeness (QED) is 0.718. The minimum Gasteiger partial charge on any atom is -0.494 e. The van der Waals surface area contributed by atoms with E-state index in [1.807, 2.05) is 42.2 Å². The van der Waals surface area contributed by atoms with Gasteiger partial charge in [-0.05, 0) is 37.6 Å². The van der Waals surface area contributed by atoms with Crippen molar-refractivity contribution in [2.45, 2.75) is 13.8 Å². The predicted molar refractivity (Wildman–Crippen MR) is 115 cm³/mol. The molecular formula is C21H24N4O2S. The lowest BCUT2D eigenvalue weighted by atomic mass is 10.2. The Bertz CT molecular complexity index is 992. The van der Waals surface area contributed by atoms with Crippen LogP contribution in [0.25, 0.3) is 10.2 Å². The van der Waals surface area contributed by atoms with Crippen LogP contribution < -0.4 is 15.0 Å². The predicted octanol–water partition coefficient (Wildman–Crippen LogP) is 4.28. The van der Waals surface area contributed by atoms with E-state index < -0.39 is 0 Å². The maximum absolute atomic E-state index is 12.5. The number of aromatic nitrogens is 1. The molecule has 1 aromatic heterocycles. The van der Waals surface area contributed by atoms with Crippen LogP contribution in [0, 0.1) is 13.8 Å². The summed E-state index contributed by atoms with van der Waals surface area (Å²) in [4.78, 5) is 21.5. The number of carbonyl (C=O) groups excluding carboxylic acids is 1. The third kappa shape index (κ3) is 3.62. The summed E-state index contributed by atoms with van der Waals surface area (Å²) in [5, 5.41) is 3.96. The molecule has 1 aliphatic rings. The first-order valence-electron chi connectivity index (χ1n) is 9.37. The highest BCUT2D eigenvalue weighted by atomic mass is 32.1. The number of aryl methyl sites for hydroxylation is 2. The summed E-state index contributed by atoms with van der Waals surface area (Å²) in [6.45, 7) is 7.00. The number of carbonyl (C=O) groups is 1. The van der Waals surface area contributed by atoms with Crippen LogP contribution >= 0.6 is 11.3 Å². The molecule has 2 amide bonds. The van der Waals surface area contributed by atoms with E-state index in [1.54, 1.807) is 18.4 Å². The number of benzene rings is 2. The highest BCUT2D eigenvalue weighted by Gasteiger charge is 2.24. The topological polar surface area (TPSA) is 57.7 Å². The highest BCUT2D eigenvalue weighted by molar-refractivity contribution is 7.22. The highest BCUT2D eigenvalue weighted by Crippen LogP contribution is 2.36. The van der Waals surface area contributed by atoms with Crippen LogP contribution in [0.3, 0.4) is 0 Å². The summed E-state index contributed by atoms with van der Waals surface area (Å²) in [6, 6.07) is 11.8. The fourth-order valence-corrected chi connectivity index (χ4v) is 4.44. The zero-order chi connectivity index (χ0) is 19.7. The summed E-state index contributed by atoms with van der Waals surface area (Å²) in [6.07, 6.45) is 0. The van der Waals surface area contributed by atoms with Crippen molar-refractivity contribution in [1.82, 2.24) is 9.88 Å². The Morgan fingerprint density at radius 3 is 2.46 bits per heavy atom. The molecule has 2 heterocycles. The number of hydrogen-bond donors (Lipinski definition) is 1. The number of hydrogen-bond acceptors (Lipinski definition) is 5. The smallest absolute Gasteiger partial charge is 0.321 e. The van der Waals surface area contributed by atoms with Gasteiger partial charge in [0.05, 0.1) is 11.8 Å². The van der Waals surface area contributed by atoms with Gasteiger partial charge in [0.2, 0.25) is 0 Å². The van der Waals surface area contributed by atoms with Gasteiger partial charge in [0.25, 0.3) is 0 Å². The Labute approximate surface area is 168 Å². The van der Waals surface area contributed by atoms with E-state index in [-0.39, 0.29) is 6.03 Å². The lowest BCUT2D eigenvalue weighted by molar-refractivity contribution is 0.208.